The Morgan fingerprint density at radius 3 is 2.68 bits per heavy atom. The summed E-state index contributed by atoms with van der Waals surface area (Å²) < 4.78 is 3.53. The standard InChI is InChI=1S/C19H27ClN4S/c1-12-17(21)16(5-8-24(12)3)18(22-2)13-9-14(11-15(20)10-13)19(6-7-19)23-25-4/h9-12,21-23H,5-8H2,1-4H3/b18-16-,21-17?. The Morgan fingerprint density at radius 2 is 2.08 bits per heavy atom. The van der Waals surface area contributed by atoms with Crippen LogP contribution >= 0.6 is 23.5 Å². The summed E-state index contributed by atoms with van der Waals surface area (Å²) in [7, 11) is 4.02. The van der Waals surface area contributed by atoms with Gasteiger partial charge in [-0.05, 0) is 74.4 Å². The fourth-order valence-electron chi connectivity index (χ4n) is 3.60. The van der Waals surface area contributed by atoms with E-state index in [1.165, 1.54) is 5.56 Å². The average molecular weight is 379 g/mol. The van der Waals surface area contributed by atoms with Gasteiger partial charge in [-0.1, -0.05) is 23.5 Å². The van der Waals surface area contributed by atoms with Crippen LogP contribution in [0.3, 0.4) is 0 Å². The minimum absolute atomic E-state index is 0.0518. The Labute approximate surface area is 160 Å². The van der Waals surface area contributed by atoms with Gasteiger partial charge in [0.2, 0.25) is 0 Å². The number of likely N-dealkylation sites (tertiary alicyclic amines) is 1. The second-order valence-corrected chi connectivity index (χ2v) is 8.09. The van der Waals surface area contributed by atoms with Gasteiger partial charge in [0.05, 0.1) is 11.3 Å². The van der Waals surface area contributed by atoms with Crippen molar-refractivity contribution in [1.82, 2.24) is 14.9 Å². The van der Waals surface area contributed by atoms with Crippen LogP contribution in [0.1, 0.15) is 37.3 Å². The van der Waals surface area contributed by atoms with E-state index in [2.05, 4.69) is 47.3 Å². The maximum atomic E-state index is 8.59. The van der Waals surface area contributed by atoms with Crippen LogP contribution in [0.25, 0.3) is 5.70 Å². The fraction of sp³-hybridized carbons (Fsp3) is 0.526. The maximum Gasteiger partial charge on any atom is 0.0536 e. The summed E-state index contributed by atoms with van der Waals surface area (Å²) in [6.45, 7) is 3.06. The molecule has 2 fully saturated rings. The van der Waals surface area contributed by atoms with Crippen molar-refractivity contribution in [1.29, 1.82) is 5.41 Å². The van der Waals surface area contributed by atoms with Crippen LogP contribution < -0.4 is 10.0 Å². The minimum Gasteiger partial charge on any atom is -0.387 e. The molecule has 1 saturated carbocycles. The molecule has 1 aromatic carbocycles. The lowest BCUT2D eigenvalue weighted by molar-refractivity contribution is 0.302. The van der Waals surface area contributed by atoms with Crippen LogP contribution in [0.4, 0.5) is 0 Å². The molecule has 25 heavy (non-hydrogen) atoms. The van der Waals surface area contributed by atoms with E-state index in [1.807, 2.05) is 13.1 Å². The Bertz CT molecular complexity index is 711. The molecule has 0 spiro atoms. The van der Waals surface area contributed by atoms with Crippen molar-refractivity contribution in [2.24, 2.45) is 0 Å². The molecule has 136 valence electrons. The second kappa shape index (κ2) is 7.31. The van der Waals surface area contributed by atoms with Gasteiger partial charge in [-0.2, -0.15) is 0 Å². The van der Waals surface area contributed by atoms with E-state index >= 15 is 0 Å². The third-order valence-electron chi connectivity index (χ3n) is 5.46. The Morgan fingerprint density at radius 1 is 1.36 bits per heavy atom. The maximum absolute atomic E-state index is 8.59. The first-order valence-electron chi connectivity index (χ1n) is 8.73. The summed E-state index contributed by atoms with van der Waals surface area (Å²) >= 11 is 8.13. The van der Waals surface area contributed by atoms with Crippen molar-refractivity contribution in [3.63, 3.8) is 0 Å². The molecule has 1 aromatic rings. The molecule has 0 aromatic heterocycles. The molecule has 1 saturated heterocycles. The van der Waals surface area contributed by atoms with Crippen LogP contribution in [-0.4, -0.2) is 43.5 Å². The second-order valence-electron chi connectivity index (χ2n) is 7.04. The largest absolute Gasteiger partial charge is 0.387 e. The first-order valence-corrected chi connectivity index (χ1v) is 10.3. The molecule has 3 N–H and O–H groups in total. The Balaban J connectivity index is 2.03. The first kappa shape index (κ1) is 18.8. The number of nitrogens with one attached hydrogen (secondary N) is 3. The van der Waals surface area contributed by atoms with Crippen LogP contribution in [0.15, 0.2) is 23.8 Å². The smallest absolute Gasteiger partial charge is 0.0536 e. The monoisotopic (exact) mass is 378 g/mol. The fourth-order valence-corrected chi connectivity index (χ4v) is 4.55. The molecule has 6 heteroatoms. The lowest BCUT2D eigenvalue weighted by Crippen LogP contribution is -2.42. The van der Waals surface area contributed by atoms with Gasteiger partial charge in [-0.3, -0.25) is 9.62 Å². The molecular formula is C19H27ClN4S. The zero-order chi connectivity index (χ0) is 18.2. The number of rotatable bonds is 5. The predicted octanol–water partition coefficient (Wildman–Crippen LogP) is 3.87. The molecule has 1 unspecified atom stereocenters. The number of piperidine rings is 1. The molecular weight excluding hydrogens is 352 g/mol. The van der Waals surface area contributed by atoms with Gasteiger partial charge in [0.15, 0.2) is 0 Å². The lowest BCUT2D eigenvalue weighted by Gasteiger charge is -2.33. The number of hydrogen-bond donors (Lipinski definition) is 3. The van der Waals surface area contributed by atoms with Gasteiger partial charge in [0.1, 0.15) is 0 Å². The highest BCUT2D eigenvalue weighted by atomic mass is 35.5. The van der Waals surface area contributed by atoms with E-state index in [-0.39, 0.29) is 11.6 Å². The highest BCUT2D eigenvalue weighted by molar-refractivity contribution is 7.96. The lowest BCUT2D eigenvalue weighted by atomic mass is 9.90. The van der Waals surface area contributed by atoms with Crippen molar-refractivity contribution in [3.05, 3.63) is 39.9 Å². The highest BCUT2D eigenvalue weighted by Gasteiger charge is 2.44. The molecule has 1 heterocycles. The predicted molar refractivity (Wildman–Crippen MR) is 109 cm³/mol. The summed E-state index contributed by atoms with van der Waals surface area (Å²) in [4.78, 5) is 2.23. The van der Waals surface area contributed by atoms with Gasteiger partial charge in [-0.25, -0.2) is 0 Å². The van der Waals surface area contributed by atoms with Crippen molar-refractivity contribution in [2.45, 2.75) is 37.8 Å². The zero-order valence-electron chi connectivity index (χ0n) is 15.4. The molecule has 4 nitrogen and oxygen atoms in total. The van der Waals surface area contributed by atoms with Crippen molar-refractivity contribution < 1.29 is 0 Å². The van der Waals surface area contributed by atoms with E-state index in [1.54, 1.807) is 11.9 Å². The molecule has 2 aliphatic rings. The molecule has 0 amide bonds. The van der Waals surface area contributed by atoms with Gasteiger partial charge in [0, 0.05) is 30.4 Å². The topological polar surface area (TPSA) is 51.2 Å². The summed E-state index contributed by atoms with van der Waals surface area (Å²) in [6, 6.07) is 6.45. The number of hydrogen-bond acceptors (Lipinski definition) is 5. The SMILES string of the molecule is CN/C(=C1/CCN(C)C(C)C1=N)c1cc(Cl)cc(C2(NSC)CC2)c1. The minimum atomic E-state index is 0.0518. The van der Waals surface area contributed by atoms with Crippen molar-refractivity contribution in [3.8, 4) is 0 Å². The summed E-state index contributed by atoms with van der Waals surface area (Å²) in [5.74, 6) is 0. The van der Waals surface area contributed by atoms with E-state index in [4.69, 9.17) is 17.0 Å². The number of halogens is 1. The molecule has 1 aliphatic heterocycles. The van der Waals surface area contributed by atoms with Crippen LogP contribution in [0.2, 0.25) is 5.02 Å². The van der Waals surface area contributed by atoms with Crippen LogP contribution in [-0.2, 0) is 5.54 Å². The quantitative estimate of drug-likeness (QED) is 0.681. The van der Waals surface area contributed by atoms with E-state index in [0.29, 0.717) is 5.71 Å². The van der Waals surface area contributed by atoms with E-state index in [9.17, 15) is 0 Å². The molecule has 1 aliphatic carbocycles. The number of nitrogens with zero attached hydrogens (tertiary/aromatic N) is 1. The van der Waals surface area contributed by atoms with Gasteiger partial charge < -0.3 is 10.7 Å². The summed E-state index contributed by atoms with van der Waals surface area (Å²) in [5, 5.41) is 12.7. The molecule has 1 atom stereocenters. The van der Waals surface area contributed by atoms with Gasteiger partial charge in [0.25, 0.3) is 0 Å². The third-order valence-corrected chi connectivity index (χ3v) is 6.27. The average Bonchev–Trinajstić information content (AvgIpc) is 3.36. The van der Waals surface area contributed by atoms with Gasteiger partial charge in [-0.15, -0.1) is 0 Å². The van der Waals surface area contributed by atoms with Crippen LogP contribution in [0.5, 0.6) is 0 Å². The highest BCUT2D eigenvalue weighted by Crippen LogP contribution is 2.48. The van der Waals surface area contributed by atoms with Crippen LogP contribution in [0, 0.1) is 5.41 Å². The zero-order valence-corrected chi connectivity index (χ0v) is 16.9. The molecule has 0 radical (unpaired) electrons. The van der Waals surface area contributed by atoms with E-state index < -0.39 is 0 Å². The number of benzene rings is 1. The Hall–Kier alpha value is -1.01. The van der Waals surface area contributed by atoms with E-state index in [0.717, 1.165) is 47.7 Å². The third kappa shape index (κ3) is 3.61. The Kier molecular flexibility index (Phi) is 5.49. The molecule has 0 bridgehead atoms. The first-order chi connectivity index (χ1) is 11.9. The molecule has 3 rings (SSSR count). The van der Waals surface area contributed by atoms with Crippen molar-refractivity contribution >= 4 is 35.0 Å². The normalized spacial score (nSPS) is 25.0. The summed E-state index contributed by atoms with van der Waals surface area (Å²) in [6.07, 6.45) is 5.22. The summed E-state index contributed by atoms with van der Waals surface area (Å²) in [5.41, 5.74) is 5.21. The van der Waals surface area contributed by atoms with Gasteiger partial charge >= 0.3 is 0 Å². The van der Waals surface area contributed by atoms with Crippen molar-refractivity contribution in [2.75, 3.05) is 26.9 Å².